The highest BCUT2D eigenvalue weighted by atomic mass is 127. The highest BCUT2D eigenvalue weighted by Gasteiger charge is 2.55. The molecule has 0 bridgehead atoms. The number of nitrogens with one attached hydrogen (secondary N) is 2. The van der Waals surface area contributed by atoms with Gasteiger partial charge in [0.2, 0.25) is 5.60 Å². The van der Waals surface area contributed by atoms with Crippen LogP contribution < -0.4 is 10.6 Å². The van der Waals surface area contributed by atoms with E-state index in [4.69, 9.17) is 4.74 Å². The van der Waals surface area contributed by atoms with E-state index in [0.29, 0.717) is 17.0 Å². The normalized spacial score (nSPS) is 27.3. The van der Waals surface area contributed by atoms with Crippen LogP contribution in [0.5, 0.6) is 0 Å². The molecule has 1 saturated carbocycles. The molecule has 27 heavy (non-hydrogen) atoms. The molecule has 2 N–H and O–H groups in total. The summed E-state index contributed by atoms with van der Waals surface area (Å²) in [5.74, 6) is 0.686. The highest BCUT2D eigenvalue weighted by molar-refractivity contribution is 14.2. The topological polar surface area (TPSA) is 59.6 Å². The Labute approximate surface area is 166 Å². The van der Waals surface area contributed by atoms with E-state index in [0.717, 1.165) is 45.5 Å². The first kappa shape index (κ1) is 20.6. The minimum absolute atomic E-state index is 0.333. The maximum atomic E-state index is 12.8. The summed E-state index contributed by atoms with van der Waals surface area (Å²) in [5, 5.41) is 5.89. The summed E-state index contributed by atoms with van der Waals surface area (Å²) in [5.41, 5.74) is -0.706. The van der Waals surface area contributed by atoms with Crippen LogP contribution in [0.2, 0.25) is 0 Å². The Morgan fingerprint density at radius 3 is 2.85 bits per heavy atom. The van der Waals surface area contributed by atoms with Crippen molar-refractivity contribution in [1.82, 2.24) is 10.6 Å². The van der Waals surface area contributed by atoms with Crippen molar-refractivity contribution in [2.75, 3.05) is 20.3 Å². The third-order valence-electron chi connectivity index (χ3n) is 5.34. The minimum atomic E-state index is -4.62. The average Bonchev–Trinajstić information content (AvgIpc) is 3.23. The number of methoxy groups -OCH3 is 1. The Morgan fingerprint density at radius 2 is 2.19 bits per heavy atom. The van der Waals surface area contributed by atoms with Gasteiger partial charge in [-0.15, -0.1) is 0 Å². The van der Waals surface area contributed by atoms with Gasteiger partial charge in [-0.05, 0) is 54.6 Å². The van der Waals surface area contributed by atoms with Gasteiger partial charge in [0.05, 0.1) is 5.70 Å². The maximum absolute atomic E-state index is 12.8. The van der Waals surface area contributed by atoms with Gasteiger partial charge in [0, 0.05) is 29.5 Å². The number of piperidine rings is 1. The van der Waals surface area contributed by atoms with E-state index in [-0.39, 0.29) is 0 Å². The summed E-state index contributed by atoms with van der Waals surface area (Å²) >= 11 is -0.428. The van der Waals surface area contributed by atoms with Crippen molar-refractivity contribution in [3.63, 3.8) is 0 Å². The van der Waals surface area contributed by atoms with Crippen LogP contribution in [0.25, 0.3) is 0 Å². The quantitative estimate of drug-likeness (QED) is 0.562. The molecule has 0 radical (unpaired) electrons. The molecule has 1 amide bonds. The number of alkyl halides is 3. The molecular weight excluding hydrogens is 476 g/mol. The zero-order valence-electron chi connectivity index (χ0n) is 15.5. The molecule has 2 fully saturated rings. The maximum Gasteiger partial charge on any atom is 0.427 e. The van der Waals surface area contributed by atoms with Crippen LogP contribution in [0, 0.1) is 11.3 Å². The van der Waals surface area contributed by atoms with Crippen LogP contribution in [0.4, 0.5) is 18.0 Å². The molecule has 3 aliphatic rings. The lowest BCUT2D eigenvalue weighted by Crippen LogP contribution is -2.45. The molecule has 9 heteroatoms. The van der Waals surface area contributed by atoms with E-state index >= 15 is 0 Å². The first-order valence-corrected chi connectivity index (χ1v) is 11.1. The molecule has 2 atom stereocenters. The summed E-state index contributed by atoms with van der Waals surface area (Å²) in [6.45, 7) is 3.33. The zero-order valence-corrected chi connectivity index (χ0v) is 17.7. The van der Waals surface area contributed by atoms with Gasteiger partial charge in [0.25, 0.3) is 0 Å². The predicted molar refractivity (Wildman–Crippen MR) is 105 cm³/mol. The van der Waals surface area contributed by atoms with E-state index in [1.54, 1.807) is 13.2 Å². The van der Waals surface area contributed by atoms with E-state index in [9.17, 15) is 18.0 Å². The van der Waals surface area contributed by atoms with Crippen LogP contribution >= 0.6 is 20.7 Å². The molecule has 3 rings (SSSR count). The zero-order chi connectivity index (χ0) is 19.9. The molecule has 2 heterocycles. The first-order valence-electron chi connectivity index (χ1n) is 8.77. The van der Waals surface area contributed by atoms with Gasteiger partial charge in [0.15, 0.2) is 0 Å². The van der Waals surface area contributed by atoms with Crippen molar-refractivity contribution in [3.8, 4) is 0 Å². The molecule has 0 aromatic heterocycles. The number of ether oxygens (including phenoxy) is 2. The molecule has 1 aliphatic carbocycles. The van der Waals surface area contributed by atoms with Crippen LogP contribution in [-0.2, 0) is 9.47 Å². The lowest BCUT2D eigenvalue weighted by atomic mass is 9.91. The van der Waals surface area contributed by atoms with Gasteiger partial charge < -0.3 is 14.8 Å². The van der Waals surface area contributed by atoms with Crippen LogP contribution in [0.1, 0.15) is 33.1 Å². The smallest absolute Gasteiger partial charge is 0.427 e. The summed E-state index contributed by atoms with van der Waals surface area (Å²) in [6.07, 6.45) is -0.588. The number of carbonyl (C=O) groups is 1. The van der Waals surface area contributed by atoms with Gasteiger partial charge in [-0.3, -0.25) is 5.32 Å². The Bertz CT molecular complexity index is 715. The molecule has 1 saturated heterocycles. The van der Waals surface area contributed by atoms with Gasteiger partial charge in [0.1, 0.15) is 0 Å². The molecule has 0 unspecified atom stereocenters. The second-order valence-electron chi connectivity index (χ2n) is 7.73. The third-order valence-corrected chi connectivity index (χ3v) is 8.04. The van der Waals surface area contributed by atoms with Crippen molar-refractivity contribution in [1.29, 1.82) is 0 Å². The lowest BCUT2D eigenvalue weighted by Gasteiger charge is -2.31. The number of amides is 1. The number of alkyl carbamates (subject to hydrolysis) is 1. The number of fused-ring (bicyclic) bond motifs is 1. The van der Waals surface area contributed by atoms with Gasteiger partial charge >= 0.3 is 12.3 Å². The van der Waals surface area contributed by atoms with E-state index in [2.05, 4.69) is 15.4 Å². The SMILES string of the molecule is COCC[C@H]1C[C@@]12CNC1=CC(NC(=O)OC(C)(C)C(F)(F)F)=CI=C1C2. The second kappa shape index (κ2) is 7.38. The first-order chi connectivity index (χ1) is 12.6. The average molecular weight is 500 g/mol. The van der Waals surface area contributed by atoms with Gasteiger partial charge in [-0.2, -0.15) is 13.2 Å². The van der Waals surface area contributed by atoms with Crippen molar-refractivity contribution < 1.29 is 27.4 Å². The number of halogens is 4. The molecule has 2 aliphatic heterocycles. The third kappa shape index (κ3) is 4.49. The fourth-order valence-corrected chi connectivity index (χ4v) is 6.11. The van der Waals surface area contributed by atoms with Gasteiger partial charge in [-0.25, -0.2) is 4.79 Å². The van der Waals surface area contributed by atoms with Crippen molar-refractivity contribution in [2.45, 2.75) is 44.9 Å². The molecule has 0 aromatic rings. The van der Waals surface area contributed by atoms with E-state index in [1.165, 1.54) is 9.93 Å². The minimum Gasteiger partial charge on any atom is -0.434 e. The number of hydrogen-bond acceptors (Lipinski definition) is 4. The number of hydrogen-bond donors (Lipinski definition) is 2. The number of carbonyl (C=O) groups excluding carboxylic acids is 1. The number of allylic oxidation sites excluding steroid dienone is 2. The molecular formula is C18H24F3IN2O3. The van der Waals surface area contributed by atoms with Crippen molar-refractivity contribution >= 4 is 30.3 Å². The largest absolute Gasteiger partial charge is 0.434 e. The fraction of sp³-hybridized carbons (Fsp3) is 0.667. The lowest BCUT2D eigenvalue weighted by molar-refractivity contribution is -0.243. The van der Waals surface area contributed by atoms with Gasteiger partial charge in [-0.1, -0.05) is 20.7 Å². The summed E-state index contributed by atoms with van der Waals surface area (Å²) in [4.78, 5) is 11.9. The molecule has 5 nitrogen and oxygen atoms in total. The highest BCUT2D eigenvalue weighted by Crippen LogP contribution is 2.59. The number of rotatable bonds is 5. The summed E-state index contributed by atoms with van der Waals surface area (Å²) in [6, 6.07) is 0. The fourth-order valence-electron chi connectivity index (χ4n) is 3.40. The Hall–Kier alpha value is -1.10. The Kier molecular flexibility index (Phi) is 5.64. The van der Waals surface area contributed by atoms with E-state index in [1.807, 2.05) is 4.08 Å². The van der Waals surface area contributed by atoms with Crippen molar-refractivity contribution in [2.24, 2.45) is 11.3 Å². The van der Waals surface area contributed by atoms with Crippen LogP contribution in [-0.4, -0.2) is 41.6 Å². The summed E-state index contributed by atoms with van der Waals surface area (Å²) < 4.78 is 51.5. The molecule has 1 spiro atoms. The molecule has 152 valence electrons. The van der Waals surface area contributed by atoms with Crippen LogP contribution in [0.3, 0.4) is 0 Å². The Morgan fingerprint density at radius 1 is 1.44 bits per heavy atom. The predicted octanol–water partition coefficient (Wildman–Crippen LogP) is 3.97. The van der Waals surface area contributed by atoms with E-state index < -0.39 is 38.6 Å². The second-order valence-corrected chi connectivity index (χ2v) is 10.3. The Balaban J connectivity index is 1.59. The van der Waals surface area contributed by atoms with Crippen molar-refractivity contribution in [3.05, 3.63) is 21.6 Å². The standard InChI is InChI=1S/C18H24F3IN2O3/c1-16(2,18(19,20)21)27-15(25)24-12-6-14-13(22-9-12)8-17(10-23-14)7-11(17)4-5-26-3/h6,9,11,23H,4-5,7-8,10H2,1-3H3,(H,24,25)/t11-,17+/m0/s1. The summed E-state index contributed by atoms with van der Waals surface area (Å²) in [7, 11) is 1.72. The molecule has 0 aromatic carbocycles. The monoisotopic (exact) mass is 500 g/mol. The van der Waals surface area contributed by atoms with Crippen LogP contribution in [0.15, 0.2) is 21.6 Å².